The molecule has 2 rings (SSSR count). The summed E-state index contributed by atoms with van der Waals surface area (Å²) in [4.78, 5) is 0. The molecule has 1 aliphatic carbocycles. The third-order valence-corrected chi connectivity index (χ3v) is 5.09. The molecule has 78 valence electrons. The predicted molar refractivity (Wildman–Crippen MR) is 64.9 cm³/mol. The van der Waals surface area contributed by atoms with E-state index in [4.69, 9.17) is 0 Å². The maximum atomic E-state index is 3.64. The predicted octanol–water partition coefficient (Wildman–Crippen LogP) is 3.87. The van der Waals surface area contributed by atoms with E-state index < -0.39 is 8.07 Å². The molecular formula is C13H17SiTi-. The van der Waals surface area contributed by atoms with Gasteiger partial charge < -0.3 is 0 Å². The van der Waals surface area contributed by atoms with E-state index in [1.54, 1.807) is 0 Å². The van der Waals surface area contributed by atoms with Crippen LogP contribution >= 0.6 is 0 Å². The van der Waals surface area contributed by atoms with Gasteiger partial charge in [-0.15, -0.1) is 11.6 Å². The Hall–Kier alpha value is -0.109. The minimum atomic E-state index is -1.15. The van der Waals surface area contributed by atoms with Crippen LogP contribution in [0.3, 0.4) is 0 Å². The van der Waals surface area contributed by atoms with Crippen LogP contribution in [-0.4, -0.2) is 8.07 Å². The van der Waals surface area contributed by atoms with Crippen LogP contribution in [0.5, 0.6) is 0 Å². The zero-order valence-electron chi connectivity index (χ0n) is 9.89. The molecule has 0 aliphatic heterocycles. The van der Waals surface area contributed by atoms with Crippen LogP contribution in [0.4, 0.5) is 0 Å². The number of rotatable bonds is 1. The number of fused-ring (bicyclic) bond motifs is 1. The second-order valence-electron chi connectivity index (χ2n) is 5.16. The van der Waals surface area contributed by atoms with Crippen molar-refractivity contribution in [2.24, 2.45) is 0 Å². The summed E-state index contributed by atoms with van der Waals surface area (Å²) in [7, 11) is -1.15. The largest absolute Gasteiger partial charge is 0.268 e. The van der Waals surface area contributed by atoms with Gasteiger partial charge in [0.2, 0.25) is 0 Å². The number of hydrogen-bond donors (Lipinski definition) is 0. The molecule has 2 heteroatoms. The van der Waals surface area contributed by atoms with E-state index in [9.17, 15) is 0 Å². The molecule has 0 heterocycles. The fraction of sp³-hybridized carbons (Fsp3) is 0.385. The second kappa shape index (κ2) is 4.41. The van der Waals surface area contributed by atoms with E-state index in [1.165, 1.54) is 16.7 Å². The molecule has 0 aromatic heterocycles. The Kier molecular flexibility index (Phi) is 3.81. The quantitative estimate of drug-likeness (QED) is 0.523. The van der Waals surface area contributed by atoms with E-state index in [1.807, 2.05) is 0 Å². The van der Waals surface area contributed by atoms with E-state index >= 15 is 0 Å². The maximum Gasteiger partial charge on any atom is 0.0364 e. The molecular weight excluding hydrogens is 232 g/mol. The molecule has 0 N–H and O–H groups in total. The average Bonchev–Trinajstić information content (AvgIpc) is 2.44. The first-order valence-electron chi connectivity index (χ1n) is 5.19. The molecule has 1 unspecified atom stereocenters. The zero-order valence-corrected chi connectivity index (χ0v) is 12.4. The molecule has 1 atom stereocenters. The van der Waals surface area contributed by atoms with Gasteiger partial charge in [0.15, 0.2) is 0 Å². The molecule has 0 nitrogen and oxygen atoms in total. The van der Waals surface area contributed by atoms with Crippen molar-refractivity contribution in [3.8, 4) is 0 Å². The Morgan fingerprint density at radius 2 is 1.73 bits per heavy atom. The Morgan fingerprint density at radius 3 is 2.33 bits per heavy atom. The molecule has 1 aromatic rings. The van der Waals surface area contributed by atoms with Crippen molar-refractivity contribution in [1.29, 1.82) is 0 Å². The van der Waals surface area contributed by atoms with E-state index in [2.05, 4.69) is 56.9 Å². The SMILES string of the molecule is CC1=[C-]C([Si](C)(C)C)c2ccccc21.[Ti]. The average molecular weight is 249 g/mol. The smallest absolute Gasteiger partial charge is 0.0364 e. The molecule has 15 heavy (non-hydrogen) atoms. The number of allylic oxidation sites excluding steroid dienone is 2. The Balaban J connectivity index is 0.00000112. The third kappa shape index (κ3) is 2.35. The first-order chi connectivity index (χ1) is 6.50. The Morgan fingerprint density at radius 1 is 1.13 bits per heavy atom. The number of benzene rings is 1. The van der Waals surface area contributed by atoms with Gasteiger partial charge in [0.25, 0.3) is 0 Å². The van der Waals surface area contributed by atoms with Gasteiger partial charge in [-0.2, -0.15) is 5.56 Å². The van der Waals surface area contributed by atoms with Crippen LogP contribution in [0.25, 0.3) is 5.57 Å². The summed E-state index contributed by atoms with van der Waals surface area (Å²) in [5.74, 6) is 0. The fourth-order valence-corrected chi connectivity index (χ4v) is 3.98. The molecule has 0 bridgehead atoms. The summed E-state index contributed by atoms with van der Waals surface area (Å²) in [6.45, 7) is 9.43. The van der Waals surface area contributed by atoms with Crippen molar-refractivity contribution in [3.63, 3.8) is 0 Å². The van der Waals surface area contributed by atoms with Gasteiger partial charge in [-0.1, -0.05) is 50.3 Å². The van der Waals surface area contributed by atoms with Crippen molar-refractivity contribution in [2.75, 3.05) is 0 Å². The summed E-state index contributed by atoms with van der Waals surface area (Å²) in [5, 5.41) is 0. The van der Waals surface area contributed by atoms with Crippen LogP contribution in [0, 0.1) is 6.08 Å². The normalized spacial score (nSPS) is 19.2. The molecule has 0 radical (unpaired) electrons. The third-order valence-electron chi connectivity index (χ3n) is 2.90. The van der Waals surface area contributed by atoms with Crippen molar-refractivity contribution in [2.45, 2.75) is 32.1 Å². The molecule has 1 aromatic carbocycles. The summed E-state index contributed by atoms with van der Waals surface area (Å²) in [6, 6.07) is 8.75. The van der Waals surface area contributed by atoms with Crippen LogP contribution < -0.4 is 0 Å². The molecule has 0 spiro atoms. The fourth-order valence-electron chi connectivity index (χ4n) is 2.15. The van der Waals surface area contributed by atoms with Gasteiger partial charge in [0.1, 0.15) is 0 Å². The van der Waals surface area contributed by atoms with E-state index in [0.29, 0.717) is 5.54 Å². The molecule has 0 saturated heterocycles. The molecule has 1 aliphatic rings. The summed E-state index contributed by atoms with van der Waals surface area (Å²) in [5.41, 5.74) is 4.86. The topological polar surface area (TPSA) is 0 Å². The van der Waals surface area contributed by atoms with Gasteiger partial charge in [0, 0.05) is 29.8 Å². The summed E-state index contributed by atoms with van der Waals surface area (Å²) >= 11 is 0. The van der Waals surface area contributed by atoms with E-state index in [-0.39, 0.29) is 21.7 Å². The summed E-state index contributed by atoms with van der Waals surface area (Å²) in [6.07, 6.45) is 3.64. The molecule has 0 fully saturated rings. The van der Waals surface area contributed by atoms with Gasteiger partial charge in [0.05, 0.1) is 0 Å². The summed E-state index contributed by atoms with van der Waals surface area (Å²) < 4.78 is 0. The minimum Gasteiger partial charge on any atom is -0.268 e. The Bertz CT molecular complexity index is 388. The minimum absolute atomic E-state index is 0. The maximum absolute atomic E-state index is 3.64. The first-order valence-corrected chi connectivity index (χ1v) is 8.77. The van der Waals surface area contributed by atoms with Crippen molar-refractivity contribution in [1.82, 2.24) is 0 Å². The van der Waals surface area contributed by atoms with Crippen LogP contribution in [0.15, 0.2) is 24.3 Å². The molecule has 0 saturated carbocycles. The van der Waals surface area contributed by atoms with Gasteiger partial charge >= 0.3 is 0 Å². The Labute approximate surface area is 109 Å². The van der Waals surface area contributed by atoms with Crippen LogP contribution in [-0.2, 0) is 21.7 Å². The number of hydrogen-bond acceptors (Lipinski definition) is 0. The van der Waals surface area contributed by atoms with Crippen LogP contribution in [0.1, 0.15) is 23.6 Å². The monoisotopic (exact) mass is 249 g/mol. The zero-order chi connectivity index (χ0) is 10.3. The van der Waals surface area contributed by atoms with Crippen molar-refractivity contribution < 1.29 is 21.7 Å². The second-order valence-corrected chi connectivity index (χ2v) is 10.5. The van der Waals surface area contributed by atoms with Gasteiger partial charge in [-0.25, -0.2) is 5.57 Å². The molecule has 0 amide bonds. The van der Waals surface area contributed by atoms with Crippen LogP contribution in [0.2, 0.25) is 19.6 Å². The first kappa shape index (κ1) is 13.0. The van der Waals surface area contributed by atoms with E-state index in [0.717, 1.165) is 0 Å². The van der Waals surface area contributed by atoms with Gasteiger partial charge in [-0.3, -0.25) is 6.08 Å². The standard InChI is InChI=1S/C13H17Si.Ti/c1-10-9-13(14(2,3)4)12-8-6-5-7-11(10)12;/h5-8,13H,1-4H3;/q-1;. The van der Waals surface area contributed by atoms with Crippen molar-refractivity contribution in [3.05, 3.63) is 41.5 Å². The van der Waals surface area contributed by atoms with Crippen molar-refractivity contribution >= 4 is 13.6 Å². The van der Waals surface area contributed by atoms with Gasteiger partial charge in [-0.05, 0) is 0 Å².